The molecule has 2 heterocycles. The predicted molar refractivity (Wildman–Crippen MR) is 199 cm³/mol. The molecular formula is C42H42S2. The summed E-state index contributed by atoms with van der Waals surface area (Å²) in [5.41, 5.74) is 4.10. The lowest BCUT2D eigenvalue weighted by molar-refractivity contribution is 0.556. The Balaban J connectivity index is 1.05. The summed E-state index contributed by atoms with van der Waals surface area (Å²) in [7, 11) is 0. The van der Waals surface area contributed by atoms with E-state index in [1.807, 2.05) is 22.7 Å². The van der Waals surface area contributed by atoms with Crippen LogP contribution in [0.5, 0.6) is 0 Å². The van der Waals surface area contributed by atoms with E-state index in [9.17, 15) is 0 Å². The first-order valence-corrected chi connectivity index (χ1v) is 18.4. The largest absolute Gasteiger partial charge is 0.135 e. The highest BCUT2D eigenvalue weighted by atomic mass is 32.1. The Labute approximate surface area is 270 Å². The Morgan fingerprint density at radius 3 is 1.48 bits per heavy atom. The number of rotatable bonds is 13. The summed E-state index contributed by atoms with van der Waals surface area (Å²) in [6.45, 7) is 2.29. The zero-order valence-corrected chi connectivity index (χ0v) is 27.5. The van der Waals surface area contributed by atoms with Crippen LogP contribution in [-0.4, -0.2) is 0 Å². The van der Waals surface area contributed by atoms with Gasteiger partial charge < -0.3 is 0 Å². The molecule has 7 rings (SSSR count). The molecule has 44 heavy (non-hydrogen) atoms. The Morgan fingerprint density at radius 2 is 0.932 bits per heavy atom. The van der Waals surface area contributed by atoms with Crippen LogP contribution in [0, 0.1) is 0 Å². The minimum Gasteiger partial charge on any atom is -0.135 e. The Bertz CT molecular complexity index is 1990. The number of aryl methyl sites for hydroxylation is 1. The summed E-state index contributed by atoms with van der Waals surface area (Å²) in [5, 5.41) is 8.01. The Morgan fingerprint density at radius 1 is 0.432 bits per heavy atom. The van der Waals surface area contributed by atoms with Crippen LogP contribution in [0.2, 0.25) is 0 Å². The second-order valence-electron chi connectivity index (χ2n) is 12.5. The molecule has 0 bridgehead atoms. The van der Waals surface area contributed by atoms with Crippen molar-refractivity contribution in [1.82, 2.24) is 0 Å². The van der Waals surface area contributed by atoms with Gasteiger partial charge in [-0.05, 0) is 98.2 Å². The lowest BCUT2D eigenvalue weighted by atomic mass is 9.99. The molecule has 2 aromatic heterocycles. The molecule has 0 atom stereocenters. The summed E-state index contributed by atoms with van der Waals surface area (Å²) in [6.07, 6.45) is 15.1. The molecule has 7 aromatic rings. The van der Waals surface area contributed by atoms with Crippen molar-refractivity contribution in [1.29, 1.82) is 0 Å². The third-order valence-corrected chi connectivity index (χ3v) is 11.5. The fraction of sp³-hybridized carbons (Fsp3) is 0.286. The first-order valence-electron chi connectivity index (χ1n) is 16.7. The van der Waals surface area contributed by atoms with Gasteiger partial charge in [0.1, 0.15) is 0 Å². The van der Waals surface area contributed by atoms with Gasteiger partial charge in [0, 0.05) is 19.2 Å². The van der Waals surface area contributed by atoms with Crippen molar-refractivity contribution < 1.29 is 0 Å². The highest BCUT2D eigenvalue weighted by Crippen LogP contribution is 2.40. The van der Waals surface area contributed by atoms with E-state index >= 15 is 0 Å². The van der Waals surface area contributed by atoms with E-state index < -0.39 is 0 Å². The molecule has 0 radical (unpaired) electrons. The summed E-state index contributed by atoms with van der Waals surface area (Å²) in [6, 6.07) is 39.0. The number of fused-ring (bicyclic) bond motifs is 5. The quantitative estimate of drug-likeness (QED) is 0.0900. The van der Waals surface area contributed by atoms with Gasteiger partial charge in [0.25, 0.3) is 0 Å². The first kappa shape index (κ1) is 29.3. The van der Waals surface area contributed by atoms with Gasteiger partial charge >= 0.3 is 0 Å². The van der Waals surface area contributed by atoms with Crippen molar-refractivity contribution in [3.8, 4) is 20.9 Å². The molecule has 5 aromatic carbocycles. The monoisotopic (exact) mass is 610 g/mol. The maximum absolute atomic E-state index is 2.43. The number of hydrogen-bond acceptors (Lipinski definition) is 2. The second kappa shape index (κ2) is 13.7. The van der Waals surface area contributed by atoms with Crippen LogP contribution in [0.25, 0.3) is 62.6 Å². The standard InChI is InChI=1S/C42H42S2/c1-2-3-4-5-6-7-8-9-10-12-15-30-18-20-32(21-19-30)40-27-36-25-34-23-22-33-24-35-26-39(31-16-13-11-14-17-31)43-41(35)28-37(33)38(34)29-42(36)44-40/h11,13-14,16-29H,2-10,12,15H2,1H3. The molecule has 0 unspecified atom stereocenters. The lowest BCUT2D eigenvalue weighted by Gasteiger charge is -2.05. The molecule has 0 amide bonds. The van der Waals surface area contributed by atoms with Crippen molar-refractivity contribution >= 4 is 64.4 Å². The van der Waals surface area contributed by atoms with Gasteiger partial charge in [-0.25, -0.2) is 0 Å². The number of thiophene rings is 2. The normalized spacial score (nSPS) is 11.8. The third-order valence-electron chi connectivity index (χ3n) is 9.23. The third kappa shape index (κ3) is 6.48. The predicted octanol–water partition coefficient (Wildman–Crippen LogP) is 14.2. The van der Waals surface area contributed by atoms with Crippen LogP contribution in [0.1, 0.15) is 76.7 Å². The molecule has 0 spiro atoms. The van der Waals surface area contributed by atoms with Gasteiger partial charge in [-0.1, -0.05) is 131 Å². The van der Waals surface area contributed by atoms with E-state index in [2.05, 4.69) is 110 Å². The average Bonchev–Trinajstić information content (AvgIpc) is 3.68. The Hall–Kier alpha value is -3.46. The molecule has 2 heteroatoms. The minimum absolute atomic E-state index is 1.20. The summed E-state index contributed by atoms with van der Waals surface area (Å²) in [4.78, 5) is 2.69. The van der Waals surface area contributed by atoms with Gasteiger partial charge in [0.2, 0.25) is 0 Å². The molecule has 0 fully saturated rings. The number of hydrogen-bond donors (Lipinski definition) is 0. The minimum atomic E-state index is 1.20. The van der Waals surface area contributed by atoms with Crippen LogP contribution in [-0.2, 0) is 6.42 Å². The lowest BCUT2D eigenvalue weighted by Crippen LogP contribution is -1.87. The molecule has 222 valence electrons. The van der Waals surface area contributed by atoms with Gasteiger partial charge in [-0.2, -0.15) is 0 Å². The SMILES string of the molecule is CCCCCCCCCCCCc1ccc(-c2cc3cc4ccc5cc6cc(-c7ccccc7)sc6cc5c4cc3s2)cc1. The van der Waals surface area contributed by atoms with Gasteiger partial charge in [-0.3, -0.25) is 0 Å². The smallest absolute Gasteiger partial charge is 0.0355 e. The number of benzene rings is 5. The maximum atomic E-state index is 2.43. The van der Waals surface area contributed by atoms with E-state index in [4.69, 9.17) is 0 Å². The van der Waals surface area contributed by atoms with Crippen molar-refractivity contribution in [2.24, 2.45) is 0 Å². The van der Waals surface area contributed by atoms with Crippen LogP contribution in [0.15, 0.2) is 103 Å². The highest BCUT2D eigenvalue weighted by molar-refractivity contribution is 7.22. The highest BCUT2D eigenvalue weighted by Gasteiger charge is 2.11. The van der Waals surface area contributed by atoms with Crippen LogP contribution < -0.4 is 0 Å². The maximum Gasteiger partial charge on any atom is 0.0355 e. The Kier molecular flexibility index (Phi) is 9.09. The summed E-state index contributed by atoms with van der Waals surface area (Å²) >= 11 is 3.82. The molecule has 0 aliphatic carbocycles. The topological polar surface area (TPSA) is 0 Å². The number of unbranched alkanes of at least 4 members (excludes halogenated alkanes) is 9. The molecule has 0 aliphatic rings. The van der Waals surface area contributed by atoms with Crippen LogP contribution >= 0.6 is 22.7 Å². The first-order chi connectivity index (χ1) is 21.7. The van der Waals surface area contributed by atoms with E-state index in [-0.39, 0.29) is 0 Å². The van der Waals surface area contributed by atoms with Crippen molar-refractivity contribution in [2.75, 3.05) is 0 Å². The van der Waals surface area contributed by atoms with Gasteiger partial charge in [0.05, 0.1) is 0 Å². The van der Waals surface area contributed by atoms with Gasteiger partial charge in [-0.15, -0.1) is 22.7 Å². The summed E-state index contributed by atoms with van der Waals surface area (Å²) < 4.78 is 2.72. The van der Waals surface area contributed by atoms with E-state index in [1.165, 1.54) is 139 Å². The zero-order valence-electron chi connectivity index (χ0n) is 25.9. The fourth-order valence-corrected chi connectivity index (χ4v) is 8.85. The van der Waals surface area contributed by atoms with E-state index in [0.717, 1.165) is 0 Å². The van der Waals surface area contributed by atoms with Crippen LogP contribution in [0.3, 0.4) is 0 Å². The van der Waals surface area contributed by atoms with E-state index in [1.54, 1.807) is 0 Å². The fourth-order valence-electron chi connectivity index (χ4n) is 6.67. The van der Waals surface area contributed by atoms with E-state index in [0.29, 0.717) is 0 Å². The van der Waals surface area contributed by atoms with Crippen LogP contribution in [0.4, 0.5) is 0 Å². The molecule has 0 N–H and O–H groups in total. The van der Waals surface area contributed by atoms with Crippen molar-refractivity contribution in [2.45, 2.75) is 77.6 Å². The second-order valence-corrected chi connectivity index (χ2v) is 14.7. The van der Waals surface area contributed by atoms with Gasteiger partial charge in [0.15, 0.2) is 0 Å². The zero-order chi connectivity index (χ0) is 29.7. The molecule has 0 saturated heterocycles. The van der Waals surface area contributed by atoms with Crippen molar-refractivity contribution in [3.05, 3.63) is 109 Å². The summed E-state index contributed by atoms with van der Waals surface area (Å²) in [5.74, 6) is 0. The molecule has 0 nitrogen and oxygen atoms in total. The molecule has 0 aliphatic heterocycles. The van der Waals surface area contributed by atoms with Crippen molar-refractivity contribution in [3.63, 3.8) is 0 Å². The average molecular weight is 611 g/mol. The molecular weight excluding hydrogens is 569 g/mol. The molecule has 0 saturated carbocycles.